The molecule has 1 amide bonds. The topological polar surface area (TPSA) is 54.7 Å². The smallest absolute Gasteiger partial charge is 0.411 e. The minimum Gasteiger partial charge on any atom is -0.465 e. The van der Waals surface area contributed by atoms with Crippen molar-refractivity contribution in [2.24, 2.45) is 5.92 Å². The van der Waals surface area contributed by atoms with Crippen LogP contribution in [0.15, 0.2) is 72.4 Å². The Morgan fingerprint density at radius 2 is 2.03 bits per heavy atom. The molecule has 0 spiro atoms. The van der Waals surface area contributed by atoms with Crippen molar-refractivity contribution in [2.45, 2.75) is 37.5 Å². The second-order valence-corrected chi connectivity index (χ2v) is 7.88. The molecule has 2 fully saturated rings. The number of cyclic esters (lactones) is 1. The highest BCUT2D eigenvalue weighted by Crippen LogP contribution is 2.49. The number of hydrogen-bond acceptors (Lipinski definition) is 4. The van der Waals surface area contributed by atoms with Gasteiger partial charge in [0.15, 0.2) is 6.10 Å². The van der Waals surface area contributed by atoms with Gasteiger partial charge in [-0.3, -0.25) is 4.90 Å². The maximum Gasteiger partial charge on any atom is 0.411 e. The molecule has 29 heavy (non-hydrogen) atoms. The quantitative estimate of drug-likeness (QED) is 0.499. The molecule has 4 rings (SSSR count). The van der Waals surface area contributed by atoms with E-state index in [0.717, 1.165) is 18.4 Å². The lowest BCUT2D eigenvalue weighted by molar-refractivity contribution is 0.0250. The summed E-state index contributed by atoms with van der Waals surface area (Å²) < 4.78 is 11.6. The first-order valence-corrected chi connectivity index (χ1v) is 10.2. The molecule has 1 saturated carbocycles. The van der Waals surface area contributed by atoms with Crippen LogP contribution < -0.4 is 5.32 Å². The molecule has 1 aromatic carbocycles. The van der Waals surface area contributed by atoms with E-state index in [1.54, 1.807) is 6.26 Å². The fourth-order valence-electron chi connectivity index (χ4n) is 4.57. The van der Waals surface area contributed by atoms with Gasteiger partial charge in [0.2, 0.25) is 0 Å². The monoisotopic (exact) mass is 392 g/mol. The summed E-state index contributed by atoms with van der Waals surface area (Å²) in [4.78, 5) is 15.1. The van der Waals surface area contributed by atoms with E-state index in [2.05, 4.69) is 18.5 Å². The van der Waals surface area contributed by atoms with E-state index < -0.39 is 11.6 Å². The van der Waals surface area contributed by atoms with Crippen LogP contribution in [0.5, 0.6) is 0 Å². The Kier molecular flexibility index (Phi) is 5.58. The molecule has 1 aliphatic heterocycles. The maximum atomic E-state index is 13.1. The van der Waals surface area contributed by atoms with Crippen LogP contribution in [0.25, 0.3) is 5.57 Å². The molecule has 1 aliphatic carbocycles. The van der Waals surface area contributed by atoms with E-state index in [1.165, 1.54) is 6.42 Å². The number of rotatable bonds is 9. The number of benzene rings is 1. The molecule has 1 aromatic heterocycles. The molecular weight excluding hydrogens is 364 g/mol. The number of ether oxygens (including phenoxy) is 1. The molecule has 0 bridgehead atoms. The van der Waals surface area contributed by atoms with Crippen LogP contribution in [-0.2, 0) is 11.3 Å². The Labute approximate surface area is 172 Å². The summed E-state index contributed by atoms with van der Waals surface area (Å²) in [5.74, 6) is 1.00. The van der Waals surface area contributed by atoms with Crippen LogP contribution in [-0.4, -0.2) is 35.7 Å². The Balaban J connectivity index is 1.74. The van der Waals surface area contributed by atoms with Crippen molar-refractivity contribution < 1.29 is 13.9 Å². The van der Waals surface area contributed by atoms with E-state index in [-0.39, 0.29) is 6.09 Å². The van der Waals surface area contributed by atoms with Crippen LogP contribution in [0.2, 0.25) is 0 Å². The zero-order valence-corrected chi connectivity index (χ0v) is 16.7. The minimum absolute atomic E-state index is 0.293. The van der Waals surface area contributed by atoms with E-state index in [9.17, 15) is 4.79 Å². The van der Waals surface area contributed by atoms with Gasteiger partial charge in [-0.25, -0.2) is 4.79 Å². The second-order valence-electron chi connectivity index (χ2n) is 7.88. The molecule has 0 unspecified atom stereocenters. The summed E-state index contributed by atoms with van der Waals surface area (Å²) in [6, 6.07) is 13.8. The zero-order chi connectivity index (χ0) is 20.3. The van der Waals surface area contributed by atoms with E-state index >= 15 is 0 Å². The number of furan rings is 1. The summed E-state index contributed by atoms with van der Waals surface area (Å²) >= 11 is 0. The van der Waals surface area contributed by atoms with Crippen molar-refractivity contribution in [1.29, 1.82) is 0 Å². The maximum absolute atomic E-state index is 13.1. The average molecular weight is 392 g/mol. The Morgan fingerprint density at radius 1 is 1.24 bits per heavy atom. The molecule has 2 aromatic rings. The summed E-state index contributed by atoms with van der Waals surface area (Å²) in [6.45, 7) is 9.88. The first-order chi connectivity index (χ1) is 14.2. The predicted molar refractivity (Wildman–Crippen MR) is 113 cm³/mol. The summed E-state index contributed by atoms with van der Waals surface area (Å²) in [5.41, 5.74) is 1.28. The highest BCUT2D eigenvalue weighted by atomic mass is 16.6. The fraction of sp³-hybridized carbons (Fsp3) is 0.375. The van der Waals surface area contributed by atoms with Crippen LogP contribution in [0, 0.1) is 5.92 Å². The lowest BCUT2D eigenvalue weighted by Gasteiger charge is -2.49. The molecular formula is C24H28N2O3. The summed E-state index contributed by atoms with van der Waals surface area (Å²) in [7, 11) is 0. The highest BCUT2D eigenvalue weighted by molar-refractivity contribution is 5.78. The predicted octanol–water partition coefficient (Wildman–Crippen LogP) is 4.63. The molecule has 152 valence electrons. The molecule has 1 N–H and O–H groups in total. The van der Waals surface area contributed by atoms with Gasteiger partial charge in [-0.2, -0.15) is 0 Å². The van der Waals surface area contributed by atoms with Crippen molar-refractivity contribution in [3.63, 3.8) is 0 Å². The third-order valence-electron chi connectivity index (χ3n) is 6.24. The van der Waals surface area contributed by atoms with Crippen molar-refractivity contribution in [3.05, 3.63) is 79.3 Å². The Morgan fingerprint density at radius 3 is 2.66 bits per heavy atom. The molecule has 2 atom stereocenters. The summed E-state index contributed by atoms with van der Waals surface area (Å²) in [5, 5.41) is 3.47. The Bertz CT molecular complexity index is 858. The van der Waals surface area contributed by atoms with Gasteiger partial charge in [-0.05, 0) is 36.5 Å². The standard InChI is InChI=1S/C24H28N2O3/c1-3-14-25-17-24(20-11-7-12-20)22(18(2)21-13-8-15-28-21)29-23(27)26(24)16-19-9-5-4-6-10-19/h3-6,8-10,13,15,20,22,25H,1-2,7,11-12,14,16-17H2/t22-,24-/m1/s1. The van der Waals surface area contributed by atoms with Crippen molar-refractivity contribution in [3.8, 4) is 0 Å². The first-order valence-electron chi connectivity index (χ1n) is 10.2. The third-order valence-corrected chi connectivity index (χ3v) is 6.24. The first kappa shape index (κ1) is 19.5. The molecule has 1 saturated heterocycles. The van der Waals surface area contributed by atoms with Gasteiger partial charge in [-0.15, -0.1) is 6.58 Å². The lowest BCUT2D eigenvalue weighted by Crippen LogP contribution is -2.63. The van der Waals surface area contributed by atoms with Gasteiger partial charge >= 0.3 is 6.09 Å². The van der Waals surface area contributed by atoms with Crippen LogP contribution in [0.4, 0.5) is 4.79 Å². The van der Waals surface area contributed by atoms with Gasteiger partial charge in [0.25, 0.3) is 0 Å². The van der Waals surface area contributed by atoms with Crippen LogP contribution in [0.1, 0.15) is 30.6 Å². The molecule has 5 heteroatoms. The molecule has 2 heterocycles. The number of carbonyl (C=O) groups excluding carboxylic acids is 1. The average Bonchev–Trinajstić information content (AvgIpc) is 3.31. The highest BCUT2D eigenvalue weighted by Gasteiger charge is 2.61. The second kappa shape index (κ2) is 8.29. The SMILES string of the molecule is C=CCNC[C@@]1(C2CCC2)[C@@H](C(=C)c2ccco2)OC(=O)N1Cc1ccccc1. The van der Waals surface area contributed by atoms with E-state index in [0.29, 0.717) is 36.9 Å². The molecule has 0 radical (unpaired) electrons. The van der Waals surface area contributed by atoms with E-state index in [4.69, 9.17) is 9.15 Å². The lowest BCUT2D eigenvalue weighted by atomic mass is 9.66. The zero-order valence-electron chi connectivity index (χ0n) is 16.7. The van der Waals surface area contributed by atoms with Crippen LogP contribution >= 0.6 is 0 Å². The normalized spacial score (nSPS) is 24.2. The van der Waals surface area contributed by atoms with Crippen molar-refractivity contribution >= 4 is 11.7 Å². The number of amides is 1. The number of carbonyl (C=O) groups is 1. The number of hydrogen-bond donors (Lipinski definition) is 1. The van der Waals surface area contributed by atoms with Crippen molar-refractivity contribution in [1.82, 2.24) is 10.2 Å². The van der Waals surface area contributed by atoms with Gasteiger partial charge in [-0.1, -0.05) is 49.4 Å². The third kappa shape index (κ3) is 3.51. The van der Waals surface area contributed by atoms with Gasteiger partial charge in [0, 0.05) is 25.2 Å². The minimum atomic E-state index is -0.516. The van der Waals surface area contributed by atoms with Gasteiger partial charge in [0.1, 0.15) is 11.3 Å². The Hall–Kier alpha value is -2.79. The number of nitrogens with one attached hydrogen (secondary N) is 1. The van der Waals surface area contributed by atoms with Crippen molar-refractivity contribution in [2.75, 3.05) is 13.1 Å². The molecule has 2 aliphatic rings. The molecule has 5 nitrogen and oxygen atoms in total. The largest absolute Gasteiger partial charge is 0.465 e. The fourth-order valence-corrected chi connectivity index (χ4v) is 4.57. The van der Waals surface area contributed by atoms with E-state index in [1.807, 2.05) is 53.4 Å². The van der Waals surface area contributed by atoms with Gasteiger partial charge < -0.3 is 14.5 Å². The van der Waals surface area contributed by atoms with Crippen LogP contribution in [0.3, 0.4) is 0 Å². The van der Waals surface area contributed by atoms with Gasteiger partial charge in [0.05, 0.1) is 6.26 Å². The number of nitrogens with zero attached hydrogens (tertiary/aromatic N) is 1. The summed E-state index contributed by atoms with van der Waals surface area (Å²) in [6.07, 6.45) is 6.01.